The molecule has 1 amide bonds. The molecular weight excluding hydrogens is 388 g/mol. The molecule has 0 aliphatic carbocycles. The normalized spacial score (nSPS) is 28.0. The van der Waals surface area contributed by atoms with Crippen molar-refractivity contribution < 1.29 is 22.7 Å². The first-order chi connectivity index (χ1) is 9.46. The fourth-order valence-electron chi connectivity index (χ4n) is 2.16. The van der Waals surface area contributed by atoms with Crippen LogP contribution in [0.25, 0.3) is 0 Å². The molecule has 0 saturated carbocycles. The topological polar surface area (TPSA) is 80.8 Å². The quantitative estimate of drug-likeness (QED) is 0.400. The van der Waals surface area contributed by atoms with Crippen LogP contribution >= 0.6 is 46.4 Å². The Labute approximate surface area is 140 Å². The largest absolute Gasteiger partial charge is 0.456 e. The number of carbonyl (C=O) groups is 2. The number of halogens is 4. The van der Waals surface area contributed by atoms with Crippen LogP contribution in [0.5, 0.6) is 0 Å². The second-order valence-corrected chi connectivity index (χ2v) is 9.71. The van der Waals surface area contributed by atoms with E-state index in [1.807, 2.05) is 0 Å². The average molecular weight is 397 g/mol. The number of sulfone groups is 1. The van der Waals surface area contributed by atoms with Gasteiger partial charge in [-0.2, -0.15) is 0 Å². The summed E-state index contributed by atoms with van der Waals surface area (Å²) in [6.45, 7) is 0.881. The molecule has 0 spiro atoms. The Bertz CT molecular complexity index is 638. The molecule has 2 heterocycles. The molecule has 11 heteroatoms. The summed E-state index contributed by atoms with van der Waals surface area (Å²) in [4.78, 5) is 24.6. The maximum Gasteiger partial charge on any atom is 0.355 e. The van der Waals surface area contributed by atoms with Gasteiger partial charge in [-0.15, -0.1) is 11.6 Å². The molecule has 0 aromatic heterocycles. The van der Waals surface area contributed by atoms with Crippen LogP contribution in [0.1, 0.15) is 6.92 Å². The summed E-state index contributed by atoms with van der Waals surface area (Å²) in [5, 5.41) is -2.47. The average Bonchev–Trinajstić information content (AvgIpc) is 2.32. The molecule has 118 valence electrons. The van der Waals surface area contributed by atoms with Gasteiger partial charge in [-0.05, 0) is 12.5 Å². The summed E-state index contributed by atoms with van der Waals surface area (Å²) >= 11 is 22.1. The number of alkyl halides is 4. The van der Waals surface area contributed by atoms with Gasteiger partial charge in [0.25, 0.3) is 0 Å². The van der Waals surface area contributed by atoms with Crippen LogP contribution in [0, 0.1) is 0 Å². The highest BCUT2D eigenvalue weighted by molar-refractivity contribution is 7.92. The minimum Gasteiger partial charge on any atom is -0.456 e. The molecule has 0 aromatic rings. The zero-order valence-corrected chi connectivity index (χ0v) is 14.3. The monoisotopic (exact) mass is 395 g/mol. The summed E-state index contributed by atoms with van der Waals surface area (Å²) < 4.78 is 26.9. The number of carbonyl (C=O) groups excluding carboxylic acids is 2. The van der Waals surface area contributed by atoms with Crippen molar-refractivity contribution >= 4 is 68.1 Å². The van der Waals surface area contributed by atoms with Crippen LogP contribution in [0.3, 0.4) is 0 Å². The lowest BCUT2D eigenvalue weighted by Gasteiger charge is -2.46. The van der Waals surface area contributed by atoms with E-state index in [-0.39, 0.29) is 17.0 Å². The number of amides is 1. The molecular formula is C10H9Cl4NO5S. The molecule has 2 rings (SSSR count). The number of nitrogens with zero attached hydrogens (tertiary/aromatic N) is 1. The van der Waals surface area contributed by atoms with E-state index in [1.165, 1.54) is 6.92 Å². The van der Waals surface area contributed by atoms with Crippen molar-refractivity contribution in [3.8, 4) is 0 Å². The Balaban J connectivity index is 2.30. The van der Waals surface area contributed by atoms with E-state index < -0.39 is 42.9 Å². The van der Waals surface area contributed by atoms with Crippen molar-refractivity contribution in [1.29, 1.82) is 0 Å². The lowest BCUT2D eigenvalue weighted by molar-refractivity contribution is -0.149. The van der Waals surface area contributed by atoms with Gasteiger partial charge < -0.3 is 4.74 Å². The lowest BCUT2D eigenvalue weighted by Crippen LogP contribution is -2.68. The van der Waals surface area contributed by atoms with Gasteiger partial charge in [0.2, 0.25) is 9.70 Å². The maximum atomic E-state index is 12.0. The first-order valence-electron chi connectivity index (χ1n) is 5.58. The third-order valence-electron chi connectivity index (χ3n) is 2.97. The molecule has 1 saturated heterocycles. The van der Waals surface area contributed by atoms with Crippen LogP contribution in [0.2, 0.25) is 0 Å². The zero-order chi connectivity index (χ0) is 16.2. The van der Waals surface area contributed by atoms with Crippen LogP contribution in [-0.2, 0) is 24.2 Å². The second-order valence-electron chi connectivity index (χ2n) is 4.63. The second kappa shape index (κ2) is 5.45. The molecule has 0 N–H and O–H groups in total. The van der Waals surface area contributed by atoms with Gasteiger partial charge in [-0.25, -0.2) is 13.2 Å². The minimum atomic E-state index is -3.64. The molecule has 0 radical (unpaired) electrons. The third-order valence-corrected chi connectivity index (χ3v) is 5.93. The summed E-state index contributed by atoms with van der Waals surface area (Å²) in [6.07, 6.45) is 0. The Kier molecular flexibility index (Phi) is 4.45. The lowest BCUT2D eigenvalue weighted by atomic mass is 10.1. The molecule has 1 fully saturated rings. The van der Waals surface area contributed by atoms with Crippen molar-refractivity contribution in [3.05, 3.63) is 11.3 Å². The first-order valence-corrected chi connectivity index (χ1v) is 8.86. The van der Waals surface area contributed by atoms with E-state index in [0.29, 0.717) is 0 Å². The predicted molar refractivity (Wildman–Crippen MR) is 78.0 cm³/mol. The standard InChI is InChI=1S/C10H9Cl4NO5S/c1-4-2-21(18,19)8-5(11)7(16)15(8)6(4)9(17)20-3-10(12,13)14/h5,8H,2-3H2,1H3/t5-,8+/m0/s1. The number of hydrogen-bond donors (Lipinski definition) is 0. The number of fused-ring (bicyclic) bond motifs is 1. The van der Waals surface area contributed by atoms with Crippen molar-refractivity contribution in [1.82, 2.24) is 4.90 Å². The number of β-lactam (4-membered cyclic amide) rings is 1. The SMILES string of the molecule is CC1=C(C(=O)OCC(Cl)(Cl)Cl)N2C(=O)[C@H](Cl)[C@H]2S(=O)(=O)C1. The van der Waals surface area contributed by atoms with Crippen LogP contribution < -0.4 is 0 Å². The summed E-state index contributed by atoms with van der Waals surface area (Å²) in [6, 6.07) is 0. The molecule has 2 aliphatic rings. The highest BCUT2D eigenvalue weighted by Crippen LogP contribution is 2.39. The molecule has 2 atom stereocenters. The van der Waals surface area contributed by atoms with Gasteiger partial charge in [0.15, 0.2) is 15.2 Å². The minimum absolute atomic E-state index is 0.161. The van der Waals surface area contributed by atoms with E-state index in [0.717, 1.165) is 4.90 Å². The zero-order valence-electron chi connectivity index (χ0n) is 10.5. The predicted octanol–water partition coefficient (Wildman–Crippen LogP) is 1.38. The Morgan fingerprint density at radius 2 is 2.00 bits per heavy atom. The van der Waals surface area contributed by atoms with Gasteiger partial charge in [-0.1, -0.05) is 34.8 Å². The van der Waals surface area contributed by atoms with Crippen LogP contribution in [-0.4, -0.2) is 52.1 Å². The molecule has 21 heavy (non-hydrogen) atoms. The van der Waals surface area contributed by atoms with Gasteiger partial charge in [0.05, 0.1) is 5.75 Å². The highest BCUT2D eigenvalue weighted by Gasteiger charge is 2.59. The smallest absolute Gasteiger partial charge is 0.355 e. The summed E-state index contributed by atoms with van der Waals surface area (Å²) in [5.41, 5.74) is 0.0171. The molecule has 2 aliphatic heterocycles. The van der Waals surface area contributed by atoms with Gasteiger partial charge in [0.1, 0.15) is 17.7 Å². The van der Waals surface area contributed by atoms with Crippen molar-refractivity contribution in [3.63, 3.8) is 0 Å². The van der Waals surface area contributed by atoms with Crippen molar-refractivity contribution in [2.24, 2.45) is 0 Å². The Morgan fingerprint density at radius 1 is 1.43 bits per heavy atom. The fourth-order valence-corrected chi connectivity index (χ4v) is 4.93. The summed E-state index contributed by atoms with van der Waals surface area (Å²) in [5.74, 6) is -2.00. The van der Waals surface area contributed by atoms with Crippen LogP contribution in [0.15, 0.2) is 11.3 Å². The van der Waals surface area contributed by atoms with E-state index in [1.54, 1.807) is 0 Å². The molecule has 0 aromatic carbocycles. The van der Waals surface area contributed by atoms with E-state index in [9.17, 15) is 18.0 Å². The van der Waals surface area contributed by atoms with Gasteiger partial charge >= 0.3 is 5.97 Å². The van der Waals surface area contributed by atoms with E-state index >= 15 is 0 Å². The Morgan fingerprint density at radius 3 is 2.52 bits per heavy atom. The number of hydrogen-bond acceptors (Lipinski definition) is 5. The van der Waals surface area contributed by atoms with Crippen molar-refractivity contribution in [2.75, 3.05) is 12.4 Å². The highest BCUT2D eigenvalue weighted by atomic mass is 35.6. The molecule has 0 unspecified atom stereocenters. The number of esters is 1. The van der Waals surface area contributed by atoms with E-state index in [2.05, 4.69) is 0 Å². The van der Waals surface area contributed by atoms with Gasteiger partial charge in [0, 0.05) is 0 Å². The van der Waals surface area contributed by atoms with E-state index in [4.69, 9.17) is 51.1 Å². The third kappa shape index (κ3) is 3.12. The fraction of sp³-hybridized carbons (Fsp3) is 0.600. The number of rotatable bonds is 2. The molecule has 6 nitrogen and oxygen atoms in total. The van der Waals surface area contributed by atoms with Crippen molar-refractivity contribution in [2.45, 2.75) is 21.5 Å². The maximum absolute atomic E-state index is 12.0. The molecule has 0 bridgehead atoms. The van der Waals surface area contributed by atoms with Crippen LogP contribution in [0.4, 0.5) is 0 Å². The van der Waals surface area contributed by atoms with Gasteiger partial charge in [-0.3, -0.25) is 9.69 Å². The number of ether oxygens (including phenoxy) is 1. The summed E-state index contributed by atoms with van der Waals surface area (Å²) in [7, 11) is -3.64. The first kappa shape index (κ1) is 17.1. The Hall–Kier alpha value is -0.210.